The van der Waals surface area contributed by atoms with Gasteiger partial charge in [-0.25, -0.2) is 12.8 Å². The topological polar surface area (TPSA) is 72.6 Å². The molecule has 1 aromatic carbocycles. The number of hydrogen-bond donors (Lipinski definition) is 1. The molecule has 0 aliphatic heterocycles. The summed E-state index contributed by atoms with van der Waals surface area (Å²) in [6.07, 6.45) is 0. The van der Waals surface area contributed by atoms with Gasteiger partial charge in [0.2, 0.25) is 10.0 Å². The van der Waals surface area contributed by atoms with Crippen molar-refractivity contribution >= 4 is 10.0 Å². The molecular formula is C12H19FN2O3S. The van der Waals surface area contributed by atoms with Crippen LogP contribution in [0.5, 0.6) is 0 Å². The van der Waals surface area contributed by atoms with Gasteiger partial charge in [0, 0.05) is 26.7 Å². The van der Waals surface area contributed by atoms with E-state index in [2.05, 4.69) is 0 Å². The van der Waals surface area contributed by atoms with Crippen molar-refractivity contribution in [2.75, 3.05) is 33.4 Å². The van der Waals surface area contributed by atoms with Gasteiger partial charge in [-0.05, 0) is 30.7 Å². The summed E-state index contributed by atoms with van der Waals surface area (Å²) in [5.74, 6) is -0.460. The maximum Gasteiger partial charge on any atom is 0.243 e. The summed E-state index contributed by atoms with van der Waals surface area (Å²) in [5, 5.41) is 0. The summed E-state index contributed by atoms with van der Waals surface area (Å²) in [6.45, 7) is 2.46. The Balaban J connectivity index is 3.11. The zero-order valence-corrected chi connectivity index (χ0v) is 11.9. The van der Waals surface area contributed by atoms with E-state index in [1.54, 1.807) is 6.92 Å². The number of nitrogens with zero attached hydrogens (tertiary/aromatic N) is 1. The zero-order chi connectivity index (χ0) is 14.5. The van der Waals surface area contributed by atoms with Gasteiger partial charge in [0.1, 0.15) is 5.82 Å². The van der Waals surface area contributed by atoms with Crippen LogP contribution in [-0.4, -0.2) is 46.1 Å². The maximum atomic E-state index is 13.0. The SMILES string of the molecule is COCCN(CCN)S(=O)(=O)c1ccc(F)cc1C. The summed E-state index contributed by atoms with van der Waals surface area (Å²) in [4.78, 5) is 0.0958. The van der Waals surface area contributed by atoms with Crippen LogP contribution in [0.25, 0.3) is 0 Å². The van der Waals surface area contributed by atoms with E-state index in [0.717, 1.165) is 6.07 Å². The number of rotatable bonds is 7. The van der Waals surface area contributed by atoms with Crippen LogP contribution in [-0.2, 0) is 14.8 Å². The predicted octanol–water partition coefficient (Wildman–Crippen LogP) is 0.730. The van der Waals surface area contributed by atoms with E-state index in [-0.39, 0.29) is 31.1 Å². The standard InChI is InChI=1S/C12H19FN2O3S/c1-10-9-11(13)3-4-12(10)19(16,17)15(6-5-14)7-8-18-2/h3-4,9H,5-8,14H2,1-2H3. The first-order valence-corrected chi connectivity index (χ1v) is 7.32. The summed E-state index contributed by atoms with van der Waals surface area (Å²) in [7, 11) is -2.18. The second-order valence-electron chi connectivity index (χ2n) is 4.10. The molecule has 7 heteroatoms. The summed E-state index contributed by atoms with van der Waals surface area (Å²) in [6, 6.07) is 3.61. The van der Waals surface area contributed by atoms with E-state index in [9.17, 15) is 12.8 Å². The molecule has 0 amide bonds. The number of benzene rings is 1. The third-order valence-electron chi connectivity index (χ3n) is 2.68. The average Bonchev–Trinajstić information content (AvgIpc) is 2.33. The molecule has 108 valence electrons. The zero-order valence-electron chi connectivity index (χ0n) is 11.1. The Morgan fingerprint density at radius 1 is 1.37 bits per heavy atom. The molecule has 0 fully saturated rings. The van der Waals surface area contributed by atoms with Gasteiger partial charge in [0.25, 0.3) is 0 Å². The van der Waals surface area contributed by atoms with Crippen molar-refractivity contribution in [3.63, 3.8) is 0 Å². The number of halogens is 1. The van der Waals surface area contributed by atoms with E-state index < -0.39 is 15.8 Å². The molecule has 19 heavy (non-hydrogen) atoms. The molecule has 0 spiro atoms. The molecule has 1 aromatic rings. The first kappa shape index (κ1) is 16.0. The first-order chi connectivity index (χ1) is 8.93. The van der Waals surface area contributed by atoms with E-state index in [0.29, 0.717) is 5.56 Å². The lowest BCUT2D eigenvalue weighted by atomic mass is 10.2. The van der Waals surface area contributed by atoms with Crippen LogP contribution in [0.1, 0.15) is 5.56 Å². The average molecular weight is 290 g/mol. The van der Waals surface area contributed by atoms with Gasteiger partial charge in [0.05, 0.1) is 11.5 Å². The van der Waals surface area contributed by atoms with Gasteiger partial charge >= 0.3 is 0 Å². The Morgan fingerprint density at radius 2 is 2.05 bits per heavy atom. The highest BCUT2D eigenvalue weighted by Crippen LogP contribution is 2.20. The lowest BCUT2D eigenvalue weighted by Crippen LogP contribution is -2.38. The van der Waals surface area contributed by atoms with Gasteiger partial charge < -0.3 is 10.5 Å². The first-order valence-electron chi connectivity index (χ1n) is 5.88. The number of methoxy groups -OCH3 is 1. The molecule has 0 aliphatic rings. The van der Waals surface area contributed by atoms with Crippen molar-refractivity contribution in [2.45, 2.75) is 11.8 Å². The third-order valence-corrected chi connectivity index (χ3v) is 4.74. The minimum atomic E-state index is -3.68. The lowest BCUT2D eigenvalue weighted by molar-refractivity contribution is 0.179. The van der Waals surface area contributed by atoms with Gasteiger partial charge in [-0.3, -0.25) is 0 Å². The normalized spacial score (nSPS) is 12.1. The van der Waals surface area contributed by atoms with Crippen LogP contribution >= 0.6 is 0 Å². The van der Waals surface area contributed by atoms with E-state index in [4.69, 9.17) is 10.5 Å². The number of ether oxygens (including phenoxy) is 1. The fourth-order valence-corrected chi connectivity index (χ4v) is 3.38. The number of nitrogens with two attached hydrogens (primary N) is 1. The fourth-order valence-electron chi connectivity index (χ4n) is 1.73. The monoisotopic (exact) mass is 290 g/mol. The molecule has 0 bridgehead atoms. The molecule has 0 radical (unpaired) electrons. The summed E-state index contributed by atoms with van der Waals surface area (Å²) < 4.78 is 44.1. The van der Waals surface area contributed by atoms with E-state index in [1.807, 2.05) is 0 Å². The van der Waals surface area contributed by atoms with Crippen molar-refractivity contribution in [1.82, 2.24) is 4.31 Å². The van der Waals surface area contributed by atoms with Crippen LogP contribution < -0.4 is 5.73 Å². The minimum absolute atomic E-state index is 0.0958. The maximum absolute atomic E-state index is 13.0. The Kier molecular flexibility index (Phi) is 5.86. The van der Waals surface area contributed by atoms with Crippen LogP contribution in [0.3, 0.4) is 0 Å². The molecule has 5 nitrogen and oxygen atoms in total. The van der Waals surface area contributed by atoms with Crippen molar-refractivity contribution < 1.29 is 17.5 Å². The van der Waals surface area contributed by atoms with Gasteiger partial charge in [-0.1, -0.05) is 0 Å². The van der Waals surface area contributed by atoms with Crippen LogP contribution in [0.2, 0.25) is 0 Å². The molecule has 0 unspecified atom stereocenters. The highest BCUT2D eigenvalue weighted by atomic mass is 32.2. The molecule has 0 atom stereocenters. The van der Waals surface area contributed by atoms with Gasteiger partial charge in [-0.2, -0.15) is 4.31 Å². The fraction of sp³-hybridized carbons (Fsp3) is 0.500. The Labute approximate surface area is 113 Å². The number of aryl methyl sites for hydroxylation is 1. The Bertz CT molecular complexity index is 520. The van der Waals surface area contributed by atoms with Gasteiger partial charge in [0.15, 0.2) is 0 Å². The van der Waals surface area contributed by atoms with E-state index in [1.165, 1.54) is 23.5 Å². The van der Waals surface area contributed by atoms with Crippen molar-refractivity contribution in [1.29, 1.82) is 0 Å². The predicted molar refractivity (Wildman–Crippen MR) is 70.8 cm³/mol. The van der Waals surface area contributed by atoms with Crippen LogP contribution in [0, 0.1) is 12.7 Å². The number of hydrogen-bond acceptors (Lipinski definition) is 4. The summed E-state index contributed by atoms with van der Waals surface area (Å²) in [5.41, 5.74) is 5.81. The molecule has 0 aromatic heterocycles. The lowest BCUT2D eigenvalue weighted by Gasteiger charge is -2.22. The van der Waals surface area contributed by atoms with E-state index >= 15 is 0 Å². The second-order valence-corrected chi connectivity index (χ2v) is 6.00. The van der Waals surface area contributed by atoms with Crippen molar-refractivity contribution in [3.8, 4) is 0 Å². The van der Waals surface area contributed by atoms with Crippen LogP contribution in [0.15, 0.2) is 23.1 Å². The molecule has 0 aliphatic carbocycles. The highest BCUT2D eigenvalue weighted by Gasteiger charge is 2.25. The minimum Gasteiger partial charge on any atom is -0.383 e. The highest BCUT2D eigenvalue weighted by molar-refractivity contribution is 7.89. The molecule has 1 rings (SSSR count). The molecule has 0 heterocycles. The second kappa shape index (κ2) is 6.95. The van der Waals surface area contributed by atoms with Crippen molar-refractivity contribution in [3.05, 3.63) is 29.6 Å². The quantitative estimate of drug-likeness (QED) is 0.803. The smallest absolute Gasteiger partial charge is 0.243 e. The summed E-state index contributed by atoms with van der Waals surface area (Å²) >= 11 is 0. The van der Waals surface area contributed by atoms with Crippen LogP contribution in [0.4, 0.5) is 4.39 Å². The third kappa shape index (κ3) is 3.97. The molecule has 0 saturated carbocycles. The molecular weight excluding hydrogens is 271 g/mol. The largest absolute Gasteiger partial charge is 0.383 e. The van der Waals surface area contributed by atoms with Gasteiger partial charge in [-0.15, -0.1) is 0 Å². The number of sulfonamides is 1. The molecule has 2 N–H and O–H groups in total. The molecule has 0 saturated heterocycles. The Morgan fingerprint density at radius 3 is 2.58 bits per heavy atom. The Hall–Kier alpha value is -1.02. The van der Waals surface area contributed by atoms with Crippen molar-refractivity contribution in [2.24, 2.45) is 5.73 Å².